The number of morpholine rings is 1. The number of benzene rings is 1. The Morgan fingerprint density at radius 1 is 1.20 bits per heavy atom. The van der Waals surface area contributed by atoms with E-state index in [9.17, 15) is 4.79 Å². The molecule has 0 spiro atoms. The standard InChI is InChI=1S/C19H24N2O4/c1-12-9-21(10-13(2)24-12)19(22)16-5-7-17(8-6-16)23-11-18-14(3)20-25-15(18)4/h5-8,12-13H,9-11H2,1-4H3/t12-,13+. The van der Waals surface area contributed by atoms with Crippen LogP contribution in [0.1, 0.15) is 41.2 Å². The fourth-order valence-electron chi connectivity index (χ4n) is 3.08. The maximum absolute atomic E-state index is 12.6. The zero-order valence-electron chi connectivity index (χ0n) is 15.1. The largest absolute Gasteiger partial charge is 0.489 e. The summed E-state index contributed by atoms with van der Waals surface area (Å²) in [6, 6.07) is 7.24. The van der Waals surface area contributed by atoms with Gasteiger partial charge in [-0.25, -0.2) is 0 Å². The van der Waals surface area contributed by atoms with Gasteiger partial charge in [0.15, 0.2) is 0 Å². The Morgan fingerprint density at radius 2 is 1.84 bits per heavy atom. The molecule has 0 N–H and O–H groups in total. The summed E-state index contributed by atoms with van der Waals surface area (Å²) in [6.07, 6.45) is 0.121. The smallest absolute Gasteiger partial charge is 0.254 e. The van der Waals surface area contributed by atoms with E-state index in [0.29, 0.717) is 31.0 Å². The summed E-state index contributed by atoms with van der Waals surface area (Å²) in [7, 11) is 0. The van der Waals surface area contributed by atoms with E-state index >= 15 is 0 Å². The van der Waals surface area contributed by atoms with Crippen LogP contribution in [-0.4, -0.2) is 41.3 Å². The second-order valence-electron chi connectivity index (χ2n) is 6.58. The maximum Gasteiger partial charge on any atom is 0.254 e. The van der Waals surface area contributed by atoms with Gasteiger partial charge < -0.3 is 18.9 Å². The predicted octanol–water partition coefficient (Wildman–Crippen LogP) is 3.12. The van der Waals surface area contributed by atoms with Gasteiger partial charge in [-0.15, -0.1) is 0 Å². The number of nitrogens with zero attached hydrogens (tertiary/aromatic N) is 2. The molecule has 0 unspecified atom stereocenters. The first-order valence-corrected chi connectivity index (χ1v) is 8.53. The molecule has 0 aliphatic carbocycles. The highest BCUT2D eigenvalue weighted by Crippen LogP contribution is 2.20. The van der Waals surface area contributed by atoms with Crippen molar-refractivity contribution in [1.82, 2.24) is 10.1 Å². The molecule has 1 aliphatic heterocycles. The molecule has 6 heteroatoms. The highest BCUT2D eigenvalue weighted by atomic mass is 16.5. The summed E-state index contributed by atoms with van der Waals surface area (Å²) in [6.45, 7) is 9.36. The molecule has 6 nitrogen and oxygen atoms in total. The summed E-state index contributed by atoms with van der Waals surface area (Å²) in [5.74, 6) is 1.50. The van der Waals surface area contributed by atoms with Gasteiger partial charge in [0.1, 0.15) is 18.1 Å². The SMILES string of the molecule is Cc1noc(C)c1COc1ccc(C(=O)N2C[C@@H](C)O[C@@H](C)C2)cc1. The van der Waals surface area contributed by atoms with E-state index in [2.05, 4.69) is 5.16 Å². The van der Waals surface area contributed by atoms with Crippen LogP contribution in [0.25, 0.3) is 0 Å². The lowest BCUT2D eigenvalue weighted by Gasteiger charge is -2.35. The average molecular weight is 344 g/mol. The predicted molar refractivity (Wildman–Crippen MR) is 92.7 cm³/mol. The van der Waals surface area contributed by atoms with E-state index in [4.69, 9.17) is 14.0 Å². The second kappa shape index (κ2) is 7.27. The van der Waals surface area contributed by atoms with Gasteiger partial charge in [-0.3, -0.25) is 4.79 Å². The molecule has 1 aliphatic rings. The second-order valence-corrected chi connectivity index (χ2v) is 6.58. The van der Waals surface area contributed by atoms with Gasteiger partial charge in [0, 0.05) is 18.7 Å². The monoisotopic (exact) mass is 344 g/mol. The van der Waals surface area contributed by atoms with Gasteiger partial charge in [-0.1, -0.05) is 5.16 Å². The van der Waals surface area contributed by atoms with Crippen LogP contribution in [-0.2, 0) is 11.3 Å². The van der Waals surface area contributed by atoms with Crippen LogP contribution < -0.4 is 4.74 Å². The average Bonchev–Trinajstić information content (AvgIpc) is 2.90. The van der Waals surface area contributed by atoms with E-state index < -0.39 is 0 Å². The Balaban J connectivity index is 1.63. The fourth-order valence-corrected chi connectivity index (χ4v) is 3.08. The summed E-state index contributed by atoms with van der Waals surface area (Å²) in [5.41, 5.74) is 2.45. The number of rotatable bonds is 4. The van der Waals surface area contributed by atoms with Gasteiger partial charge in [-0.2, -0.15) is 0 Å². The zero-order valence-corrected chi connectivity index (χ0v) is 15.1. The van der Waals surface area contributed by atoms with Gasteiger partial charge in [0.05, 0.1) is 23.5 Å². The summed E-state index contributed by atoms with van der Waals surface area (Å²) >= 11 is 0. The van der Waals surface area contributed by atoms with Crippen LogP contribution in [0.4, 0.5) is 0 Å². The molecule has 1 aromatic heterocycles. The lowest BCUT2D eigenvalue weighted by molar-refractivity contribution is -0.0586. The maximum atomic E-state index is 12.6. The Morgan fingerprint density at radius 3 is 2.40 bits per heavy atom. The van der Waals surface area contributed by atoms with Crippen molar-refractivity contribution in [3.05, 3.63) is 46.8 Å². The van der Waals surface area contributed by atoms with Crippen LogP contribution in [0, 0.1) is 13.8 Å². The molecule has 3 rings (SSSR count). The van der Waals surface area contributed by atoms with Crippen molar-refractivity contribution in [3.8, 4) is 5.75 Å². The first-order chi connectivity index (χ1) is 11.9. The molecular formula is C19H24N2O4. The highest BCUT2D eigenvalue weighted by Gasteiger charge is 2.26. The third-order valence-electron chi connectivity index (χ3n) is 4.37. The molecule has 2 heterocycles. The fraction of sp³-hybridized carbons (Fsp3) is 0.474. The number of carbonyl (C=O) groups excluding carboxylic acids is 1. The van der Waals surface area contributed by atoms with E-state index in [-0.39, 0.29) is 18.1 Å². The van der Waals surface area contributed by atoms with Crippen molar-refractivity contribution in [2.45, 2.75) is 46.5 Å². The van der Waals surface area contributed by atoms with E-state index in [1.807, 2.05) is 44.7 Å². The van der Waals surface area contributed by atoms with Crippen molar-refractivity contribution in [2.75, 3.05) is 13.1 Å². The molecule has 0 radical (unpaired) electrons. The zero-order chi connectivity index (χ0) is 18.0. The Hall–Kier alpha value is -2.34. The van der Waals surface area contributed by atoms with Gasteiger partial charge >= 0.3 is 0 Å². The van der Waals surface area contributed by atoms with Gasteiger partial charge in [-0.05, 0) is 52.0 Å². The lowest BCUT2D eigenvalue weighted by atomic mass is 10.1. The molecule has 0 saturated carbocycles. The van der Waals surface area contributed by atoms with Crippen molar-refractivity contribution < 1.29 is 18.8 Å². The third kappa shape index (κ3) is 4.02. The molecule has 1 aromatic carbocycles. The quantitative estimate of drug-likeness (QED) is 0.853. The normalized spacial score (nSPS) is 20.6. The van der Waals surface area contributed by atoms with E-state index in [1.165, 1.54) is 0 Å². The number of ether oxygens (including phenoxy) is 2. The van der Waals surface area contributed by atoms with Crippen molar-refractivity contribution in [1.29, 1.82) is 0 Å². The van der Waals surface area contributed by atoms with Crippen molar-refractivity contribution in [3.63, 3.8) is 0 Å². The van der Waals surface area contributed by atoms with Crippen LogP contribution in [0.2, 0.25) is 0 Å². The highest BCUT2D eigenvalue weighted by molar-refractivity contribution is 5.94. The molecule has 1 fully saturated rings. The molecule has 2 aromatic rings. The van der Waals surface area contributed by atoms with E-state index in [1.54, 1.807) is 12.1 Å². The minimum absolute atomic E-state index is 0.0271. The topological polar surface area (TPSA) is 64.8 Å². The lowest BCUT2D eigenvalue weighted by Crippen LogP contribution is -2.48. The number of hydrogen-bond acceptors (Lipinski definition) is 5. The van der Waals surface area contributed by atoms with Crippen LogP contribution in [0.5, 0.6) is 5.75 Å². The van der Waals surface area contributed by atoms with Crippen LogP contribution >= 0.6 is 0 Å². The van der Waals surface area contributed by atoms with E-state index in [0.717, 1.165) is 17.0 Å². The molecule has 2 atom stereocenters. The minimum atomic E-state index is 0.0271. The number of aromatic nitrogens is 1. The number of aryl methyl sites for hydroxylation is 2. The number of carbonyl (C=O) groups is 1. The first-order valence-electron chi connectivity index (χ1n) is 8.53. The van der Waals surface area contributed by atoms with Crippen LogP contribution in [0.15, 0.2) is 28.8 Å². The minimum Gasteiger partial charge on any atom is -0.489 e. The summed E-state index contributed by atoms with van der Waals surface area (Å²) in [4.78, 5) is 14.5. The molecular weight excluding hydrogens is 320 g/mol. The molecule has 1 amide bonds. The molecule has 134 valence electrons. The first kappa shape index (κ1) is 17.5. The van der Waals surface area contributed by atoms with Crippen LogP contribution in [0.3, 0.4) is 0 Å². The Labute approximate surface area is 147 Å². The Bertz CT molecular complexity index is 709. The van der Waals surface area contributed by atoms with Gasteiger partial charge in [0.2, 0.25) is 0 Å². The van der Waals surface area contributed by atoms with Gasteiger partial charge in [0.25, 0.3) is 5.91 Å². The summed E-state index contributed by atoms with van der Waals surface area (Å²) < 4.78 is 16.6. The number of hydrogen-bond donors (Lipinski definition) is 0. The molecule has 0 bridgehead atoms. The van der Waals surface area contributed by atoms with Crippen molar-refractivity contribution in [2.24, 2.45) is 0 Å². The number of amides is 1. The third-order valence-corrected chi connectivity index (χ3v) is 4.37. The Kier molecular flexibility index (Phi) is 5.08. The molecule has 25 heavy (non-hydrogen) atoms. The molecule has 1 saturated heterocycles. The van der Waals surface area contributed by atoms with Crippen molar-refractivity contribution >= 4 is 5.91 Å². The summed E-state index contributed by atoms with van der Waals surface area (Å²) in [5, 5.41) is 3.91.